The highest BCUT2D eigenvalue weighted by Gasteiger charge is 2.50. The van der Waals surface area contributed by atoms with Crippen molar-refractivity contribution in [1.29, 1.82) is 0 Å². The molecule has 5 heteroatoms. The monoisotopic (exact) mass is 301 g/mol. The number of benzene rings is 1. The van der Waals surface area contributed by atoms with E-state index in [1.807, 2.05) is 0 Å². The van der Waals surface area contributed by atoms with E-state index in [0.29, 0.717) is 15.6 Å². The van der Waals surface area contributed by atoms with E-state index in [9.17, 15) is 9.90 Å². The van der Waals surface area contributed by atoms with Gasteiger partial charge in [0.15, 0.2) is 0 Å². The van der Waals surface area contributed by atoms with Crippen molar-refractivity contribution in [2.75, 3.05) is 6.54 Å². The second kappa shape index (κ2) is 5.31. The van der Waals surface area contributed by atoms with Crippen molar-refractivity contribution < 1.29 is 9.90 Å². The summed E-state index contributed by atoms with van der Waals surface area (Å²) in [5, 5.41) is 13.6. The number of hydrogen-bond acceptors (Lipinski definition) is 2. The number of nitrogens with one attached hydrogen (secondary N) is 1. The Morgan fingerprint density at radius 1 is 1.47 bits per heavy atom. The number of halogens is 2. The van der Waals surface area contributed by atoms with E-state index in [2.05, 4.69) is 19.2 Å². The highest BCUT2D eigenvalue weighted by molar-refractivity contribution is 6.36. The van der Waals surface area contributed by atoms with Gasteiger partial charge in [0.1, 0.15) is 0 Å². The fourth-order valence-electron chi connectivity index (χ4n) is 2.17. The minimum Gasteiger partial charge on any atom is -0.386 e. The molecule has 19 heavy (non-hydrogen) atoms. The van der Waals surface area contributed by atoms with Crippen molar-refractivity contribution in [2.24, 2.45) is 11.3 Å². The molecule has 1 aliphatic rings. The summed E-state index contributed by atoms with van der Waals surface area (Å²) in [5.41, 5.74) is 0.540. The van der Waals surface area contributed by atoms with E-state index in [-0.39, 0.29) is 23.8 Å². The summed E-state index contributed by atoms with van der Waals surface area (Å²) < 4.78 is 0. The fourth-order valence-corrected chi connectivity index (χ4v) is 2.82. The molecule has 2 atom stereocenters. The molecule has 0 saturated heterocycles. The van der Waals surface area contributed by atoms with Gasteiger partial charge < -0.3 is 10.4 Å². The third-order valence-electron chi connectivity index (χ3n) is 3.63. The molecule has 0 heterocycles. The Hall–Kier alpha value is -0.770. The lowest BCUT2D eigenvalue weighted by Gasteiger charge is -2.15. The van der Waals surface area contributed by atoms with Crippen molar-refractivity contribution in [1.82, 2.24) is 5.32 Å². The fraction of sp³-hybridized carbons (Fsp3) is 0.500. The van der Waals surface area contributed by atoms with Gasteiger partial charge in [-0.25, -0.2) is 0 Å². The van der Waals surface area contributed by atoms with E-state index in [1.165, 1.54) is 0 Å². The smallest absolute Gasteiger partial charge is 0.223 e. The van der Waals surface area contributed by atoms with E-state index < -0.39 is 6.10 Å². The van der Waals surface area contributed by atoms with Crippen LogP contribution in [0.15, 0.2) is 18.2 Å². The van der Waals surface area contributed by atoms with Gasteiger partial charge in [-0.05, 0) is 24.0 Å². The number of carbonyl (C=O) groups excluding carboxylic acids is 1. The Bertz CT molecular complexity index is 482. The van der Waals surface area contributed by atoms with Gasteiger partial charge in [-0.1, -0.05) is 43.1 Å². The predicted octanol–water partition coefficient (Wildman–Crippen LogP) is 3.19. The normalized spacial score (nSPS) is 21.8. The van der Waals surface area contributed by atoms with Crippen LogP contribution in [0.4, 0.5) is 0 Å². The Kier molecular flexibility index (Phi) is 4.09. The molecule has 1 saturated carbocycles. The first-order valence-electron chi connectivity index (χ1n) is 6.22. The summed E-state index contributed by atoms with van der Waals surface area (Å²) in [5.74, 6) is 0.0219. The van der Waals surface area contributed by atoms with Gasteiger partial charge in [-0.15, -0.1) is 0 Å². The van der Waals surface area contributed by atoms with Gasteiger partial charge in [-0.3, -0.25) is 4.79 Å². The first-order chi connectivity index (χ1) is 8.83. The minimum absolute atomic E-state index is 0.0211. The Balaban J connectivity index is 1.95. The topological polar surface area (TPSA) is 49.3 Å². The zero-order valence-electron chi connectivity index (χ0n) is 10.9. The summed E-state index contributed by atoms with van der Waals surface area (Å²) in [6.45, 7) is 4.23. The minimum atomic E-state index is -0.896. The molecule has 3 nitrogen and oxygen atoms in total. The van der Waals surface area contributed by atoms with Gasteiger partial charge in [0.2, 0.25) is 5.91 Å². The summed E-state index contributed by atoms with van der Waals surface area (Å²) in [4.78, 5) is 11.8. The maximum absolute atomic E-state index is 11.8. The Labute approximate surface area is 122 Å². The number of rotatable bonds is 4. The van der Waals surface area contributed by atoms with E-state index in [0.717, 1.165) is 6.42 Å². The zero-order valence-corrected chi connectivity index (χ0v) is 12.4. The number of aliphatic hydroxyl groups is 1. The molecule has 104 valence electrons. The molecule has 0 spiro atoms. The quantitative estimate of drug-likeness (QED) is 0.897. The van der Waals surface area contributed by atoms with E-state index in [1.54, 1.807) is 18.2 Å². The maximum Gasteiger partial charge on any atom is 0.223 e. The standard InChI is InChI=1S/C14H17Cl2NO2/c1-14(2)6-8(14)13(19)17-7-11(18)12-9(15)4-3-5-10(12)16/h3-5,8,11,18H,6-7H2,1-2H3,(H,17,19). The van der Waals surface area contributed by atoms with Gasteiger partial charge in [-0.2, -0.15) is 0 Å². The second-order valence-corrected chi connectivity index (χ2v) is 6.46. The second-order valence-electron chi connectivity index (χ2n) is 5.64. The van der Waals surface area contributed by atoms with Gasteiger partial charge in [0.25, 0.3) is 0 Å². The highest BCUT2D eigenvalue weighted by Crippen LogP contribution is 2.51. The van der Waals surface area contributed by atoms with Crippen molar-refractivity contribution in [3.63, 3.8) is 0 Å². The lowest BCUT2D eigenvalue weighted by molar-refractivity contribution is -0.123. The number of amides is 1. The molecular formula is C14H17Cl2NO2. The Morgan fingerprint density at radius 2 is 2.00 bits per heavy atom. The summed E-state index contributed by atoms with van der Waals surface area (Å²) in [6, 6.07) is 5.04. The van der Waals surface area contributed by atoms with E-state index >= 15 is 0 Å². The average molecular weight is 302 g/mol. The Morgan fingerprint density at radius 3 is 2.47 bits per heavy atom. The van der Waals surface area contributed by atoms with Gasteiger partial charge in [0.05, 0.1) is 6.10 Å². The SMILES string of the molecule is CC1(C)CC1C(=O)NCC(O)c1c(Cl)cccc1Cl. The van der Waals surface area contributed by atoms with Crippen LogP contribution in [0, 0.1) is 11.3 Å². The predicted molar refractivity (Wildman–Crippen MR) is 76.3 cm³/mol. The van der Waals surface area contributed by atoms with Crippen molar-refractivity contribution >= 4 is 29.1 Å². The largest absolute Gasteiger partial charge is 0.386 e. The average Bonchev–Trinajstić information content (AvgIpc) is 2.95. The summed E-state index contributed by atoms with van der Waals surface area (Å²) >= 11 is 12.0. The molecule has 1 aliphatic carbocycles. The maximum atomic E-state index is 11.8. The third-order valence-corrected chi connectivity index (χ3v) is 4.29. The summed E-state index contributed by atoms with van der Waals surface area (Å²) in [6.07, 6.45) is -0.00563. The molecule has 0 aromatic heterocycles. The molecule has 2 N–H and O–H groups in total. The van der Waals surface area contributed by atoms with Crippen molar-refractivity contribution in [2.45, 2.75) is 26.4 Å². The highest BCUT2D eigenvalue weighted by atomic mass is 35.5. The van der Waals surface area contributed by atoms with Crippen LogP contribution in [0.25, 0.3) is 0 Å². The van der Waals surface area contributed by atoms with Crippen LogP contribution in [0.3, 0.4) is 0 Å². The van der Waals surface area contributed by atoms with Crippen LogP contribution in [0.5, 0.6) is 0 Å². The molecule has 1 aromatic rings. The number of hydrogen-bond donors (Lipinski definition) is 2. The lowest BCUT2D eigenvalue weighted by atomic mass is 10.1. The van der Waals surface area contributed by atoms with Crippen LogP contribution >= 0.6 is 23.2 Å². The molecular weight excluding hydrogens is 285 g/mol. The molecule has 1 fully saturated rings. The lowest BCUT2D eigenvalue weighted by Crippen LogP contribution is -2.30. The third kappa shape index (κ3) is 3.22. The molecule has 1 aromatic carbocycles. The first-order valence-corrected chi connectivity index (χ1v) is 6.98. The van der Waals surface area contributed by atoms with Crippen LogP contribution in [-0.4, -0.2) is 17.6 Å². The summed E-state index contributed by atoms with van der Waals surface area (Å²) in [7, 11) is 0. The molecule has 2 unspecified atom stereocenters. The van der Waals surface area contributed by atoms with Crippen LogP contribution in [0.1, 0.15) is 31.9 Å². The molecule has 1 amide bonds. The number of carbonyl (C=O) groups is 1. The van der Waals surface area contributed by atoms with Crippen LogP contribution in [-0.2, 0) is 4.79 Å². The van der Waals surface area contributed by atoms with Gasteiger partial charge in [0, 0.05) is 28.1 Å². The zero-order chi connectivity index (χ0) is 14.2. The van der Waals surface area contributed by atoms with Gasteiger partial charge >= 0.3 is 0 Å². The van der Waals surface area contributed by atoms with E-state index in [4.69, 9.17) is 23.2 Å². The molecule has 2 rings (SSSR count). The number of aliphatic hydroxyl groups excluding tert-OH is 1. The molecule has 0 radical (unpaired) electrons. The molecule has 0 aliphatic heterocycles. The van der Waals surface area contributed by atoms with Crippen molar-refractivity contribution in [3.8, 4) is 0 Å². The first kappa shape index (κ1) is 14.6. The van der Waals surface area contributed by atoms with Crippen molar-refractivity contribution in [3.05, 3.63) is 33.8 Å². The van der Waals surface area contributed by atoms with Crippen LogP contribution in [0.2, 0.25) is 10.0 Å². The van der Waals surface area contributed by atoms with Crippen LogP contribution < -0.4 is 5.32 Å². The molecule has 0 bridgehead atoms.